The Morgan fingerprint density at radius 2 is 1.24 bits per heavy atom. The molecule has 0 saturated carbocycles. The lowest BCUT2D eigenvalue weighted by Gasteiger charge is -2.09. The molecule has 2 rings (SSSR count). The van der Waals surface area contributed by atoms with Gasteiger partial charge < -0.3 is 4.57 Å². The van der Waals surface area contributed by atoms with E-state index in [4.69, 9.17) is 0 Å². The molecule has 0 aromatic carbocycles. The number of thioether (sulfide) groups is 1. The van der Waals surface area contributed by atoms with Crippen LogP contribution in [-0.4, -0.2) is 24.9 Å². The van der Waals surface area contributed by atoms with Gasteiger partial charge in [0.25, 0.3) is 5.56 Å². The summed E-state index contributed by atoms with van der Waals surface area (Å²) >= 11 is 1.71. The lowest BCUT2D eigenvalue weighted by molar-refractivity contribution is 0.519. The van der Waals surface area contributed by atoms with Crippen LogP contribution >= 0.6 is 11.8 Å². The first-order valence-electron chi connectivity index (χ1n) is 13.9. The van der Waals surface area contributed by atoms with Gasteiger partial charge in [0.1, 0.15) is 0 Å². The van der Waals surface area contributed by atoms with Gasteiger partial charge in [0, 0.05) is 19.3 Å². The van der Waals surface area contributed by atoms with Crippen LogP contribution in [0.5, 0.6) is 0 Å². The van der Waals surface area contributed by atoms with Crippen LogP contribution in [-0.2, 0) is 13.6 Å². The lowest BCUT2D eigenvalue weighted by Crippen LogP contribution is -2.29. The number of nitrogens with zero attached hydrogens (tertiary/aromatic N) is 3. The van der Waals surface area contributed by atoms with Gasteiger partial charge in [0.2, 0.25) is 0 Å². The van der Waals surface area contributed by atoms with Crippen molar-refractivity contribution >= 4 is 22.9 Å². The van der Waals surface area contributed by atoms with E-state index in [9.17, 15) is 9.59 Å². The van der Waals surface area contributed by atoms with Crippen LogP contribution in [0.15, 0.2) is 14.7 Å². The molecule has 2 aromatic heterocycles. The highest BCUT2D eigenvalue weighted by Gasteiger charge is 2.17. The van der Waals surface area contributed by atoms with Gasteiger partial charge in [-0.15, -0.1) is 0 Å². The summed E-state index contributed by atoms with van der Waals surface area (Å²) in [5.74, 6) is 0.988. The summed E-state index contributed by atoms with van der Waals surface area (Å²) in [5, 5.41) is 0.868. The number of H-pyrrole nitrogens is 1. The number of aryl methyl sites for hydroxylation is 2. The summed E-state index contributed by atoms with van der Waals surface area (Å²) in [7, 11) is 1.68. The maximum absolute atomic E-state index is 12.6. The Bertz CT molecular complexity index is 931. The van der Waals surface area contributed by atoms with Gasteiger partial charge in [-0.2, -0.15) is 0 Å². The normalized spacial score (nSPS) is 11.6. The third-order valence-corrected chi connectivity index (χ3v) is 7.75. The van der Waals surface area contributed by atoms with Gasteiger partial charge in [-0.05, 0) is 12.8 Å². The van der Waals surface area contributed by atoms with E-state index >= 15 is 0 Å². The molecule has 194 valence electrons. The molecule has 0 aliphatic carbocycles. The number of rotatable bonds is 20. The van der Waals surface area contributed by atoms with Crippen LogP contribution in [0.3, 0.4) is 0 Å². The molecule has 34 heavy (non-hydrogen) atoms. The quantitative estimate of drug-likeness (QED) is 0.157. The fourth-order valence-corrected chi connectivity index (χ4v) is 5.53. The first-order valence-corrected chi connectivity index (χ1v) is 14.9. The van der Waals surface area contributed by atoms with E-state index in [0.717, 1.165) is 30.3 Å². The largest absolute Gasteiger partial charge is 0.329 e. The maximum atomic E-state index is 12.6. The minimum atomic E-state index is -0.402. The standard InChI is InChI=1S/C27H48N4O2S/c1-4-6-8-9-10-11-12-13-14-15-16-17-18-19-21-31-23-24(30(3)26(33)29-25(23)32)28-27(31)34-22-20-7-5-2/h4-22H2,1-3H3,(H,29,32,33). The number of hydrogen-bond donors (Lipinski definition) is 1. The molecule has 0 atom stereocenters. The molecule has 7 heteroatoms. The number of fused-ring (bicyclic) bond motifs is 1. The highest BCUT2D eigenvalue weighted by molar-refractivity contribution is 7.99. The fraction of sp³-hybridized carbons (Fsp3) is 0.815. The zero-order valence-corrected chi connectivity index (χ0v) is 22.8. The van der Waals surface area contributed by atoms with Crippen molar-refractivity contribution in [2.24, 2.45) is 7.05 Å². The molecule has 0 spiro atoms. The maximum Gasteiger partial charge on any atom is 0.329 e. The summed E-state index contributed by atoms with van der Waals surface area (Å²) < 4.78 is 3.50. The Labute approximate surface area is 210 Å². The molecule has 0 aliphatic heterocycles. The Balaban J connectivity index is 1.74. The molecule has 2 aromatic rings. The molecule has 0 bridgehead atoms. The summed E-state index contributed by atoms with van der Waals surface area (Å²) in [6.45, 7) is 5.26. The third-order valence-electron chi connectivity index (χ3n) is 6.69. The highest BCUT2D eigenvalue weighted by Crippen LogP contribution is 2.24. The van der Waals surface area contributed by atoms with E-state index in [1.165, 1.54) is 101 Å². The molecule has 0 radical (unpaired) electrons. The van der Waals surface area contributed by atoms with Crippen molar-refractivity contribution < 1.29 is 0 Å². The van der Waals surface area contributed by atoms with Crippen LogP contribution in [0.4, 0.5) is 0 Å². The number of hydrogen-bond acceptors (Lipinski definition) is 4. The first-order chi connectivity index (χ1) is 16.6. The highest BCUT2D eigenvalue weighted by atomic mass is 32.2. The average Bonchev–Trinajstić information content (AvgIpc) is 3.19. The predicted molar refractivity (Wildman–Crippen MR) is 146 cm³/mol. The molecule has 0 saturated heterocycles. The molecule has 0 unspecified atom stereocenters. The van der Waals surface area contributed by atoms with Crippen molar-refractivity contribution in [3.05, 3.63) is 20.8 Å². The second kappa shape index (κ2) is 17.0. The summed E-state index contributed by atoms with van der Waals surface area (Å²) in [4.78, 5) is 31.7. The van der Waals surface area contributed by atoms with Crippen molar-refractivity contribution in [3.8, 4) is 0 Å². The van der Waals surface area contributed by atoms with Crippen molar-refractivity contribution in [2.75, 3.05) is 5.75 Å². The van der Waals surface area contributed by atoms with Crippen LogP contribution in [0, 0.1) is 0 Å². The van der Waals surface area contributed by atoms with E-state index in [2.05, 4.69) is 23.8 Å². The molecular formula is C27H48N4O2S. The molecular weight excluding hydrogens is 444 g/mol. The van der Waals surface area contributed by atoms with Gasteiger partial charge in [-0.1, -0.05) is 122 Å². The Hall–Kier alpha value is -1.50. The SMILES string of the molecule is CCCCCCCCCCCCCCCCn1c(SCCCCC)nc2c1c(=O)[nH]c(=O)n2C. The number of aromatic nitrogens is 4. The van der Waals surface area contributed by atoms with E-state index in [0.29, 0.717) is 11.2 Å². The first kappa shape index (κ1) is 28.7. The van der Waals surface area contributed by atoms with E-state index in [1.807, 2.05) is 4.57 Å². The van der Waals surface area contributed by atoms with Gasteiger partial charge in [0.05, 0.1) is 0 Å². The molecule has 0 amide bonds. The smallest absolute Gasteiger partial charge is 0.313 e. The van der Waals surface area contributed by atoms with Crippen molar-refractivity contribution in [3.63, 3.8) is 0 Å². The Morgan fingerprint density at radius 3 is 1.79 bits per heavy atom. The molecule has 1 N–H and O–H groups in total. The second-order valence-electron chi connectivity index (χ2n) is 9.69. The Kier molecular flexibility index (Phi) is 14.4. The molecule has 0 aliphatic rings. The van der Waals surface area contributed by atoms with Gasteiger partial charge >= 0.3 is 5.69 Å². The minimum absolute atomic E-state index is 0.323. The number of unbranched alkanes of at least 4 members (excludes halogenated alkanes) is 15. The van der Waals surface area contributed by atoms with Crippen LogP contribution < -0.4 is 11.2 Å². The van der Waals surface area contributed by atoms with Gasteiger partial charge in [-0.25, -0.2) is 9.78 Å². The molecule has 0 fully saturated rings. The number of imidazole rings is 1. The zero-order chi connectivity index (χ0) is 24.6. The fourth-order valence-electron chi connectivity index (χ4n) is 4.51. The third kappa shape index (κ3) is 9.63. The van der Waals surface area contributed by atoms with E-state index < -0.39 is 5.69 Å². The summed E-state index contributed by atoms with van der Waals surface area (Å²) in [6, 6.07) is 0. The van der Waals surface area contributed by atoms with Crippen molar-refractivity contribution in [2.45, 2.75) is 135 Å². The van der Waals surface area contributed by atoms with Crippen molar-refractivity contribution in [1.29, 1.82) is 0 Å². The van der Waals surface area contributed by atoms with Gasteiger partial charge in [0.15, 0.2) is 16.3 Å². The predicted octanol–water partition coefficient (Wildman–Crippen LogP) is 7.19. The minimum Gasteiger partial charge on any atom is -0.313 e. The van der Waals surface area contributed by atoms with Crippen LogP contribution in [0.2, 0.25) is 0 Å². The Morgan fingerprint density at radius 1 is 0.735 bits per heavy atom. The second-order valence-corrected chi connectivity index (χ2v) is 10.8. The molecule has 2 heterocycles. The van der Waals surface area contributed by atoms with Gasteiger partial charge in [-0.3, -0.25) is 14.3 Å². The number of aromatic amines is 1. The summed E-state index contributed by atoms with van der Waals surface area (Å²) in [5.41, 5.74) is 0.310. The molecule has 6 nitrogen and oxygen atoms in total. The van der Waals surface area contributed by atoms with E-state index in [-0.39, 0.29) is 5.56 Å². The topological polar surface area (TPSA) is 72.7 Å². The van der Waals surface area contributed by atoms with Crippen molar-refractivity contribution in [1.82, 2.24) is 19.1 Å². The number of nitrogens with one attached hydrogen (secondary N) is 1. The van der Waals surface area contributed by atoms with E-state index in [1.54, 1.807) is 18.8 Å². The lowest BCUT2D eigenvalue weighted by atomic mass is 10.0. The zero-order valence-electron chi connectivity index (χ0n) is 22.0. The van der Waals surface area contributed by atoms with Crippen LogP contribution in [0.25, 0.3) is 11.2 Å². The monoisotopic (exact) mass is 492 g/mol. The van der Waals surface area contributed by atoms with Crippen LogP contribution in [0.1, 0.15) is 123 Å². The summed E-state index contributed by atoms with van der Waals surface area (Å²) in [6.07, 6.45) is 22.1. The average molecular weight is 493 g/mol.